The van der Waals surface area contributed by atoms with Crippen LogP contribution in [-0.2, 0) is 23.3 Å². The molecule has 4 N–H and O–H groups in total. The molecule has 0 saturated carbocycles. The maximum absolute atomic E-state index is 13.5. The van der Waals surface area contributed by atoms with Gasteiger partial charge in [-0.05, 0) is 18.1 Å². The molecule has 3 rings (SSSR count). The Bertz CT molecular complexity index is 900. The molecule has 158 valence electrons. The van der Waals surface area contributed by atoms with Gasteiger partial charge in [0.2, 0.25) is 5.95 Å². The Hall–Kier alpha value is -2.76. The molecule has 1 aliphatic rings. The number of fused-ring (bicyclic) bond motifs is 1. The first-order valence-corrected chi connectivity index (χ1v) is 8.34. The number of rotatable bonds is 4. The van der Waals surface area contributed by atoms with Crippen molar-refractivity contribution in [3.05, 3.63) is 41.1 Å². The number of hydrogen-bond acceptors (Lipinski definition) is 6. The predicted octanol–water partition coefficient (Wildman–Crippen LogP) is 3.17. The van der Waals surface area contributed by atoms with E-state index in [0.717, 1.165) is 12.1 Å². The molecular weight excluding hydrogens is 404 g/mol. The van der Waals surface area contributed by atoms with Crippen molar-refractivity contribution in [3.8, 4) is 0 Å². The number of nitrogens with zero attached hydrogens (tertiary/aromatic N) is 3. The largest absolute Gasteiger partial charge is 0.430 e. The lowest BCUT2D eigenvalue weighted by Crippen LogP contribution is -2.55. The maximum atomic E-state index is 13.5. The fourth-order valence-corrected chi connectivity index (χ4v) is 3.45. The molecule has 1 aromatic heterocycles. The Morgan fingerprint density at radius 2 is 1.76 bits per heavy atom. The quantitative estimate of drug-likeness (QED) is 0.738. The molecule has 0 spiro atoms. The molecule has 0 amide bonds. The number of nitrogen functional groups attached to an aromatic ring is 2. The topological polar surface area (TPSA) is 90.3 Å². The highest BCUT2D eigenvalue weighted by Crippen LogP contribution is 2.53. The molecule has 1 aromatic carbocycles. The van der Waals surface area contributed by atoms with Gasteiger partial charge in [0.1, 0.15) is 5.82 Å². The number of nitrogens with two attached hydrogens (primary N) is 2. The first kappa shape index (κ1) is 21.0. The van der Waals surface area contributed by atoms with E-state index in [1.165, 1.54) is 12.3 Å². The summed E-state index contributed by atoms with van der Waals surface area (Å²) in [6.45, 7) is 0.604. The second-order valence-electron chi connectivity index (χ2n) is 6.53. The number of halogens is 6. The summed E-state index contributed by atoms with van der Waals surface area (Å²) >= 11 is 0. The van der Waals surface area contributed by atoms with E-state index in [2.05, 4.69) is 14.7 Å². The lowest BCUT2D eigenvalue weighted by atomic mass is 9.90. The highest BCUT2D eigenvalue weighted by Gasteiger charge is 2.73. The zero-order chi connectivity index (χ0) is 21.6. The van der Waals surface area contributed by atoms with Gasteiger partial charge in [0.05, 0.1) is 0 Å². The van der Waals surface area contributed by atoms with Crippen LogP contribution >= 0.6 is 0 Å². The van der Waals surface area contributed by atoms with Gasteiger partial charge in [0.25, 0.3) is 5.60 Å². The molecule has 12 heteroatoms. The minimum atomic E-state index is -5.69. The van der Waals surface area contributed by atoms with Gasteiger partial charge in [-0.2, -0.15) is 31.3 Å². The second-order valence-corrected chi connectivity index (χ2v) is 6.53. The average Bonchev–Trinajstić information content (AvgIpc) is 2.98. The first-order valence-electron chi connectivity index (χ1n) is 8.34. The van der Waals surface area contributed by atoms with Crippen LogP contribution in [-0.4, -0.2) is 36.0 Å². The van der Waals surface area contributed by atoms with Gasteiger partial charge >= 0.3 is 12.4 Å². The van der Waals surface area contributed by atoms with Crippen LogP contribution in [0.15, 0.2) is 24.4 Å². The SMILES string of the molecule is COC(c1ccc2c(c1)CCN2Cc1cnc(N)nc1N)(C(F)(F)F)C(F)(F)F. The van der Waals surface area contributed by atoms with Crippen LogP contribution in [0.2, 0.25) is 0 Å². The molecule has 0 fully saturated rings. The zero-order valence-corrected chi connectivity index (χ0v) is 15.1. The predicted molar refractivity (Wildman–Crippen MR) is 92.8 cm³/mol. The number of methoxy groups -OCH3 is 1. The summed E-state index contributed by atoms with van der Waals surface area (Å²) in [4.78, 5) is 9.44. The number of benzene rings is 1. The molecule has 0 atom stereocenters. The Morgan fingerprint density at radius 3 is 2.31 bits per heavy atom. The Kier molecular flexibility index (Phi) is 5.01. The van der Waals surface area contributed by atoms with Gasteiger partial charge in [-0.25, -0.2) is 4.98 Å². The molecular formula is C17H17F6N5O. The Morgan fingerprint density at radius 1 is 1.10 bits per heavy atom. The smallest absolute Gasteiger partial charge is 0.383 e. The number of alkyl halides is 6. The zero-order valence-electron chi connectivity index (χ0n) is 15.1. The standard InChI is InChI=1S/C17H17F6N5O/c1-29-15(16(18,19)20,17(21,22)23)11-2-3-12-9(6-11)4-5-28(12)8-10-7-26-14(25)27-13(10)24/h2-3,6-7H,4-5,8H2,1H3,(H4,24,25,26,27). The number of hydrogen-bond donors (Lipinski definition) is 2. The van der Waals surface area contributed by atoms with Gasteiger partial charge in [0.15, 0.2) is 0 Å². The molecule has 0 unspecified atom stereocenters. The minimum absolute atomic E-state index is 0.00655. The van der Waals surface area contributed by atoms with Crippen molar-refractivity contribution in [3.63, 3.8) is 0 Å². The molecule has 0 radical (unpaired) electrons. The van der Waals surface area contributed by atoms with Crippen LogP contribution in [0.25, 0.3) is 0 Å². The minimum Gasteiger partial charge on any atom is -0.383 e. The third-order valence-electron chi connectivity index (χ3n) is 4.86. The van der Waals surface area contributed by atoms with Crippen molar-refractivity contribution in [1.82, 2.24) is 9.97 Å². The van der Waals surface area contributed by atoms with Gasteiger partial charge in [0, 0.05) is 43.2 Å². The molecule has 29 heavy (non-hydrogen) atoms. The van der Waals surface area contributed by atoms with Crippen molar-refractivity contribution in [2.24, 2.45) is 0 Å². The van der Waals surface area contributed by atoms with E-state index < -0.39 is 23.5 Å². The van der Waals surface area contributed by atoms with Crippen LogP contribution in [0, 0.1) is 0 Å². The molecule has 1 aliphatic heterocycles. The van der Waals surface area contributed by atoms with E-state index >= 15 is 0 Å². The van der Waals surface area contributed by atoms with E-state index in [0.29, 0.717) is 30.5 Å². The van der Waals surface area contributed by atoms with Gasteiger partial charge in [-0.15, -0.1) is 0 Å². The van der Waals surface area contributed by atoms with E-state index in [1.807, 2.05) is 0 Å². The van der Waals surface area contributed by atoms with Gasteiger partial charge in [-0.3, -0.25) is 0 Å². The van der Waals surface area contributed by atoms with E-state index in [1.54, 1.807) is 4.90 Å². The number of anilines is 3. The fourth-order valence-electron chi connectivity index (χ4n) is 3.45. The normalized spacial score (nSPS) is 14.9. The van der Waals surface area contributed by atoms with Crippen molar-refractivity contribution in [2.75, 3.05) is 30.0 Å². The summed E-state index contributed by atoms with van der Waals surface area (Å²) in [5.41, 5.74) is 7.18. The van der Waals surface area contributed by atoms with Crippen molar-refractivity contribution in [2.45, 2.75) is 30.9 Å². The van der Waals surface area contributed by atoms with Crippen LogP contribution in [0.3, 0.4) is 0 Å². The van der Waals surface area contributed by atoms with Gasteiger partial charge in [-0.1, -0.05) is 12.1 Å². The van der Waals surface area contributed by atoms with Crippen molar-refractivity contribution < 1.29 is 31.1 Å². The fraction of sp³-hybridized carbons (Fsp3) is 0.412. The molecule has 0 saturated heterocycles. The molecule has 2 aromatic rings. The van der Waals surface area contributed by atoms with Crippen molar-refractivity contribution >= 4 is 17.5 Å². The van der Waals surface area contributed by atoms with E-state index in [9.17, 15) is 26.3 Å². The highest BCUT2D eigenvalue weighted by atomic mass is 19.4. The molecule has 0 bridgehead atoms. The first-order chi connectivity index (χ1) is 13.4. The summed E-state index contributed by atoms with van der Waals surface area (Å²) in [5, 5.41) is 0. The Balaban J connectivity index is 1.98. The van der Waals surface area contributed by atoms with Crippen LogP contribution in [0.5, 0.6) is 0 Å². The summed E-state index contributed by atoms with van der Waals surface area (Å²) in [6.07, 6.45) is -9.70. The lowest BCUT2D eigenvalue weighted by Gasteiger charge is -2.36. The van der Waals surface area contributed by atoms with Crippen LogP contribution in [0.4, 0.5) is 43.8 Å². The Labute approximate surface area is 161 Å². The van der Waals surface area contributed by atoms with Crippen LogP contribution in [0.1, 0.15) is 16.7 Å². The monoisotopic (exact) mass is 421 g/mol. The average molecular weight is 421 g/mol. The highest BCUT2D eigenvalue weighted by molar-refractivity contribution is 5.61. The lowest BCUT2D eigenvalue weighted by molar-refractivity contribution is -0.383. The van der Waals surface area contributed by atoms with E-state index in [4.69, 9.17) is 11.5 Å². The summed E-state index contributed by atoms with van der Waals surface area (Å²) in [6, 6.07) is 2.89. The van der Waals surface area contributed by atoms with E-state index in [-0.39, 0.29) is 24.7 Å². The molecule has 2 heterocycles. The third-order valence-corrected chi connectivity index (χ3v) is 4.86. The number of aromatic nitrogens is 2. The van der Waals surface area contributed by atoms with Crippen LogP contribution < -0.4 is 16.4 Å². The second kappa shape index (κ2) is 6.94. The summed E-state index contributed by atoms with van der Waals surface area (Å²) in [7, 11) is 0.393. The molecule has 0 aliphatic carbocycles. The third kappa shape index (κ3) is 3.41. The summed E-state index contributed by atoms with van der Waals surface area (Å²) in [5.74, 6) is 0.142. The maximum Gasteiger partial charge on any atom is 0.430 e. The van der Waals surface area contributed by atoms with Crippen molar-refractivity contribution in [1.29, 1.82) is 0 Å². The molecule has 6 nitrogen and oxygen atoms in total. The number of ether oxygens (including phenoxy) is 1. The van der Waals surface area contributed by atoms with Gasteiger partial charge < -0.3 is 21.1 Å². The summed E-state index contributed by atoms with van der Waals surface area (Å²) < 4.78 is 84.8.